The van der Waals surface area contributed by atoms with Gasteiger partial charge in [-0.2, -0.15) is 4.98 Å². The smallest absolute Gasteiger partial charge is 0.248 e. The second kappa shape index (κ2) is 10.0. The number of hydrogen-bond acceptors (Lipinski definition) is 6. The minimum absolute atomic E-state index is 0.198. The highest BCUT2D eigenvalue weighted by molar-refractivity contribution is 8.00. The van der Waals surface area contributed by atoms with Crippen molar-refractivity contribution in [2.75, 3.05) is 5.75 Å². The number of aryl methyl sites for hydroxylation is 2. The number of hydrazine groups is 1. The highest BCUT2D eigenvalue weighted by atomic mass is 35.5. The monoisotopic (exact) mass is 382 g/mol. The average Bonchev–Trinajstić information content (AvgIpc) is 3.07. The zero-order chi connectivity index (χ0) is 18.1. The quantitative estimate of drug-likeness (QED) is 0.538. The second-order valence-electron chi connectivity index (χ2n) is 5.15. The fourth-order valence-electron chi connectivity index (χ4n) is 1.85. The minimum atomic E-state index is -0.280. The van der Waals surface area contributed by atoms with Crippen molar-refractivity contribution in [3.05, 3.63) is 41.0 Å². The van der Waals surface area contributed by atoms with Crippen LogP contribution in [0.5, 0.6) is 0 Å². The summed E-state index contributed by atoms with van der Waals surface area (Å²) in [6.45, 7) is 1.94. The molecule has 1 heterocycles. The van der Waals surface area contributed by atoms with E-state index in [1.165, 1.54) is 11.8 Å². The molecule has 2 amide bonds. The van der Waals surface area contributed by atoms with Crippen molar-refractivity contribution in [2.45, 2.75) is 37.5 Å². The lowest BCUT2D eigenvalue weighted by atomic mass is 10.2. The molecule has 1 aromatic carbocycles. The van der Waals surface area contributed by atoms with Crippen molar-refractivity contribution in [2.24, 2.45) is 0 Å². The van der Waals surface area contributed by atoms with E-state index in [2.05, 4.69) is 21.0 Å². The Morgan fingerprint density at radius 3 is 2.60 bits per heavy atom. The van der Waals surface area contributed by atoms with Crippen LogP contribution in [-0.4, -0.2) is 27.7 Å². The Hall–Kier alpha value is -2.06. The van der Waals surface area contributed by atoms with Crippen molar-refractivity contribution in [1.82, 2.24) is 21.0 Å². The molecule has 0 aliphatic heterocycles. The molecule has 1 aromatic heterocycles. The number of benzene rings is 1. The number of carbonyl (C=O) groups is 2. The van der Waals surface area contributed by atoms with Crippen LogP contribution in [-0.2, 0) is 22.4 Å². The molecule has 0 saturated carbocycles. The Bertz CT molecular complexity index is 706. The van der Waals surface area contributed by atoms with Crippen LogP contribution in [0.15, 0.2) is 33.7 Å². The molecule has 0 saturated heterocycles. The molecule has 25 heavy (non-hydrogen) atoms. The van der Waals surface area contributed by atoms with Gasteiger partial charge in [0.2, 0.25) is 17.7 Å². The van der Waals surface area contributed by atoms with Gasteiger partial charge in [-0.15, -0.1) is 11.8 Å². The summed E-state index contributed by atoms with van der Waals surface area (Å²) in [5, 5.41) is 4.43. The number of hydrogen-bond donors (Lipinski definition) is 2. The largest absolute Gasteiger partial charge is 0.339 e. The maximum Gasteiger partial charge on any atom is 0.248 e. The van der Waals surface area contributed by atoms with Crippen LogP contribution in [0.3, 0.4) is 0 Å². The Morgan fingerprint density at radius 1 is 1.20 bits per heavy atom. The van der Waals surface area contributed by atoms with E-state index >= 15 is 0 Å². The predicted octanol–water partition coefficient (Wildman–Crippen LogP) is 2.55. The summed E-state index contributed by atoms with van der Waals surface area (Å²) >= 11 is 7.16. The van der Waals surface area contributed by atoms with Crippen LogP contribution in [0, 0.1) is 0 Å². The first-order valence-corrected chi connectivity index (χ1v) is 9.20. The zero-order valence-corrected chi connectivity index (χ0v) is 15.3. The maximum absolute atomic E-state index is 11.7. The summed E-state index contributed by atoms with van der Waals surface area (Å²) < 4.78 is 5.04. The highest BCUT2D eigenvalue weighted by Gasteiger charge is 2.08. The van der Waals surface area contributed by atoms with Gasteiger partial charge in [0.25, 0.3) is 0 Å². The molecule has 2 aromatic rings. The van der Waals surface area contributed by atoms with Gasteiger partial charge >= 0.3 is 0 Å². The molecule has 0 fully saturated rings. The summed E-state index contributed by atoms with van der Waals surface area (Å²) in [4.78, 5) is 28.5. The number of nitrogens with zero attached hydrogens (tertiary/aromatic N) is 2. The molecule has 134 valence electrons. The van der Waals surface area contributed by atoms with Gasteiger partial charge in [0.15, 0.2) is 5.82 Å². The van der Waals surface area contributed by atoms with Gasteiger partial charge in [0.05, 0.1) is 5.75 Å². The number of nitrogens with one attached hydrogen (secondary N) is 2. The first kappa shape index (κ1) is 19.3. The minimum Gasteiger partial charge on any atom is -0.339 e. The molecule has 0 radical (unpaired) electrons. The molecule has 0 aliphatic carbocycles. The van der Waals surface area contributed by atoms with E-state index in [4.69, 9.17) is 16.1 Å². The summed E-state index contributed by atoms with van der Waals surface area (Å²) in [7, 11) is 0. The number of thioether (sulfide) groups is 1. The topological polar surface area (TPSA) is 97.1 Å². The normalized spacial score (nSPS) is 10.5. The van der Waals surface area contributed by atoms with Gasteiger partial charge in [0.1, 0.15) is 0 Å². The van der Waals surface area contributed by atoms with E-state index < -0.39 is 0 Å². The molecule has 9 heteroatoms. The number of aromatic nitrogens is 2. The summed E-state index contributed by atoms with van der Waals surface area (Å²) in [5.41, 5.74) is 4.78. The van der Waals surface area contributed by atoms with E-state index in [1.807, 2.05) is 19.1 Å². The van der Waals surface area contributed by atoms with Gasteiger partial charge < -0.3 is 4.52 Å². The first-order valence-electron chi connectivity index (χ1n) is 7.84. The van der Waals surface area contributed by atoms with Crippen LogP contribution in [0.2, 0.25) is 5.02 Å². The third-order valence-corrected chi connectivity index (χ3v) is 4.41. The molecule has 7 nitrogen and oxygen atoms in total. The van der Waals surface area contributed by atoms with E-state index in [-0.39, 0.29) is 24.0 Å². The molecule has 2 N–H and O–H groups in total. The van der Waals surface area contributed by atoms with Crippen LogP contribution in [0.25, 0.3) is 0 Å². The highest BCUT2D eigenvalue weighted by Crippen LogP contribution is 2.19. The zero-order valence-electron chi connectivity index (χ0n) is 13.8. The summed E-state index contributed by atoms with van der Waals surface area (Å²) in [6, 6.07) is 7.19. The molecule has 0 unspecified atom stereocenters. The fourth-order valence-corrected chi connectivity index (χ4v) is 2.68. The first-order chi connectivity index (χ1) is 12.1. The number of carbonyl (C=O) groups excluding carboxylic acids is 2. The third kappa shape index (κ3) is 7.15. The lowest BCUT2D eigenvalue weighted by molar-refractivity contribution is -0.127. The van der Waals surface area contributed by atoms with Crippen molar-refractivity contribution in [3.8, 4) is 0 Å². The number of halogens is 1. The van der Waals surface area contributed by atoms with Gasteiger partial charge in [-0.3, -0.25) is 20.4 Å². The maximum atomic E-state index is 11.7. The Labute approximate surface area is 154 Å². The van der Waals surface area contributed by atoms with Crippen molar-refractivity contribution in [1.29, 1.82) is 0 Å². The summed E-state index contributed by atoms with van der Waals surface area (Å²) in [6.07, 6.45) is 2.06. The molecular formula is C16H19ClN4O3S. The Morgan fingerprint density at radius 2 is 1.92 bits per heavy atom. The SMILES string of the molecule is CCc1noc(CCCC(=O)NNC(=O)CSc2ccc(Cl)cc2)n1. The average molecular weight is 383 g/mol. The van der Waals surface area contributed by atoms with Gasteiger partial charge in [-0.1, -0.05) is 23.7 Å². The fraction of sp³-hybridized carbons (Fsp3) is 0.375. The van der Waals surface area contributed by atoms with Crippen LogP contribution >= 0.6 is 23.4 Å². The molecule has 0 spiro atoms. The van der Waals surface area contributed by atoms with E-state index in [0.29, 0.717) is 36.0 Å². The second-order valence-corrected chi connectivity index (χ2v) is 6.64. The Kier molecular flexibility index (Phi) is 7.75. The van der Waals surface area contributed by atoms with Crippen molar-refractivity contribution >= 4 is 35.2 Å². The molecular weight excluding hydrogens is 364 g/mol. The number of amides is 2. The lowest BCUT2D eigenvalue weighted by Gasteiger charge is -2.07. The molecule has 0 atom stereocenters. The van der Waals surface area contributed by atoms with Gasteiger partial charge in [-0.05, 0) is 30.7 Å². The van der Waals surface area contributed by atoms with Crippen LogP contribution < -0.4 is 10.9 Å². The van der Waals surface area contributed by atoms with E-state index in [0.717, 1.165) is 4.90 Å². The third-order valence-electron chi connectivity index (χ3n) is 3.15. The van der Waals surface area contributed by atoms with Gasteiger partial charge in [-0.25, -0.2) is 0 Å². The summed E-state index contributed by atoms with van der Waals surface area (Å²) in [5.74, 6) is 0.833. The molecule has 0 bridgehead atoms. The van der Waals surface area contributed by atoms with Crippen molar-refractivity contribution < 1.29 is 14.1 Å². The van der Waals surface area contributed by atoms with Gasteiger partial charge in [0, 0.05) is 29.2 Å². The van der Waals surface area contributed by atoms with Crippen LogP contribution in [0.1, 0.15) is 31.5 Å². The van der Waals surface area contributed by atoms with E-state index in [1.54, 1.807) is 12.1 Å². The van der Waals surface area contributed by atoms with Crippen LogP contribution in [0.4, 0.5) is 0 Å². The van der Waals surface area contributed by atoms with E-state index in [9.17, 15) is 9.59 Å². The standard InChI is InChI=1S/C16H19ClN4O3S/c1-2-13-18-16(24-21-13)5-3-4-14(22)19-20-15(23)10-25-12-8-6-11(17)7-9-12/h6-9H,2-5,10H2,1H3,(H,19,22)(H,20,23). The predicted molar refractivity (Wildman–Crippen MR) is 95.1 cm³/mol. The van der Waals surface area contributed by atoms with Crippen molar-refractivity contribution in [3.63, 3.8) is 0 Å². The molecule has 0 aliphatic rings. The Balaban J connectivity index is 1.59. The molecule has 2 rings (SSSR count). The number of rotatable bonds is 8. The lowest BCUT2D eigenvalue weighted by Crippen LogP contribution is -2.42.